The Morgan fingerprint density at radius 3 is 2.47 bits per heavy atom. The molecule has 4 nitrogen and oxygen atoms in total. The molecule has 0 aromatic heterocycles. The normalized spacial score (nSPS) is 12.1. The molecular formula is C15H15NO3. The van der Waals surface area contributed by atoms with Gasteiger partial charge >= 0.3 is 5.97 Å². The number of carboxylic acids is 1. The van der Waals surface area contributed by atoms with Crippen LogP contribution < -0.4 is 5.32 Å². The number of anilines is 1. The van der Waals surface area contributed by atoms with Gasteiger partial charge in [-0.25, -0.2) is 0 Å². The number of ketones is 1. The summed E-state index contributed by atoms with van der Waals surface area (Å²) in [7, 11) is 0. The number of fused-ring (bicyclic) bond motifs is 1. The van der Waals surface area contributed by atoms with Crippen molar-refractivity contribution in [3.8, 4) is 0 Å². The summed E-state index contributed by atoms with van der Waals surface area (Å²) >= 11 is 0. The maximum atomic E-state index is 11.7. The summed E-state index contributed by atoms with van der Waals surface area (Å²) in [5.41, 5.74) is 1.09. The van der Waals surface area contributed by atoms with Crippen molar-refractivity contribution >= 4 is 28.2 Å². The monoisotopic (exact) mass is 257 g/mol. The van der Waals surface area contributed by atoms with Gasteiger partial charge in [0.2, 0.25) is 0 Å². The van der Waals surface area contributed by atoms with E-state index in [9.17, 15) is 9.59 Å². The number of aliphatic carboxylic acids is 1. The summed E-state index contributed by atoms with van der Waals surface area (Å²) in [5, 5.41) is 13.7. The molecule has 0 heterocycles. The molecule has 2 aromatic rings. The smallest absolute Gasteiger partial charge is 0.325 e. The fourth-order valence-electron chi connectivity index (χ4n) is 2.00. The highest BCUT2D eigenvalue weighted by molar-refractivity contribution is 6.08. The highest BCUT2D eigenvalue weighted by atomic mass is 16.4. The number of benzene rings is 2. The second kappa shape index (κ2) is 5.10. The maximum Gasteiger partial charge on any atom is 0.325 e. The molecule has 0 saturated carbocycles. The third kappa shape index (κ3) is 2.57. The first kappa shape index (κ1) is 13.1. The van der Waals surface area contributed by atoms with Crippen LogP contribution in [0.2, 0.25) is 0 Å². The zero-order valence-electron chi connectivity index (χ0n) is 10.8. The maximum absolute atomic E-state index is 11.7. The minimum absolute atomic E-state index is 0.0918. The fraction of sp³-hybridized carbons (Fsp3) is 0.200. The van der Waals surface area contributed by atoms with E-state index in [4.69, 9.17) is 5.11 Å². The van der Waals surface area contributed by atoms with Crippen LogP contribution in [0.3, 0.4) is 0 Å². The molecule has 1 atom stereocenters. The molecule has 19 heavy (non-hydrogen) atoms. The van der Waals surface area contributed by atoms with Gasteiger partial charge in [-0.1, -0.05) is 30.3 Å². The van der Waals surface area contributed by atoms with Crippen LogP contribution in [-0.2, 0) is 4.79 Å². The SMILES string of the molecule is CC(=O)c1ccc2ccccc2c1NC(C)C(=O)O. The predicted octanol–water partition coefficient (Wildman–Crippen LogP) is 2.93. The van der Waals surface area contributed by atoms with Crippen molar-refractivity contribution in [2.45, 2.75) is 19.9 Å². The highest BCUT2D eigenvalue weighted by Crippen LogP contribution is 2.28. The van der Waals surface area contributed by atoms with Crippen molar-refractivity contribution in [3.05, 3.63) is 42.0 Å². The van der Waals surface area contributed by atoms with Crippen molar-refractivity contribution in [3.63, 3.8) is 0 Å². The van der Waals surface area contributed by atoms with Crippen molar-refractivity contribution in [1.82, 2.24) is 0 Å². The van der Waals surface area contributed by atoms with Crippen LogP contribution in [-0.4, -0.2) is 22.9 Å². The number of nitrogens with one attached hydrogen (secondary N) is 1. The minimum atomic E-state index is -0.956. The van der Waals surface area contributed by atoms with Gasteiger partial charge in [-0.2, -0.15) is 0 Å². The molecule has 2 rings (SSSR count). The molecule has 0 aliphatic heterocycles. The Morgan fingerprint density at radius 2 is 1.84 bits per heavy atom. The lowest BCUT2D eigenvalue weighted by molar-refractivity contribution is -0.137. The summed E-state index contributed by atoms with van der Waals surface area (Å²) in [6.07, 6.45) is 0. The number of rotatable bonds is 4. The lowest BCUT2D eigenvalue weighted by atomic mass is 10.0. The van der Waals surface area contributed by atoms with Crippen molar-refractivity contribution in [1.29, 1.82) is 0 Å². The van der Waals surface area contributed by atoms with E-state index in [-0.39, 0.29) is 5.78 Å². The molecule has 2 N–H and O–H groups in total. The van der Waals surface area contributed by atoms with Gasteiger partial charge in [0.25, 0.3) is 0 Å². The topological polar surface area (TPSA) is 66.4 Å². The van der Waals surface area contributed by atoms with Gasteiger partial charge in [-0.05, 0) is 25.3 Å². The second-order valence-electron chi connectivity index (χ2n) is 4.47. The molecule has 4 heteroatoms. The molecule has 1 unspecified atom stereocenters. The minimum Gasteiger partial charge on any atom is -0.480 e. The number of Topliss-reactive ketones (excluding diaryl/α,β-unsaturated/α-hetero) is 1. The Balaban J connectivity index is 2.62. The van der Waals surface area contributed by atoms with Crippen molar-refractivity contribution in [2.24, 2.45) is 0 Å². The van der Waals surface area contributed by atoms with Crippen LogP contribution in [0.15, 0.2) is 36.4 Å². The van der Waals surface area contributed by atoms with E-state index in [1.807, 2.05) is 30.3 Å². The van der Waals surface area contributed by atoms with Gasteiger partial charge in [-0.15, -0.1) is 0 Å². The number of hydrogen-bond acceptors (Lipinski definition) is 3. The number of carboxylic acid groups (broad SMARTS) is 1. The molecule has 0 radical (unpaired) electrons. The van der Waals surface area contributed by atoms with Crippen LogP contribution in [0.25, 0.3) is 10.8 Å². The van der Waals surface area contributed by atoms with Crippen molar-refractivity contribution in [2.75, 3.05) is 5.32 Å². The Labute approximate surface area is 111 Å². The zero-order chi connectivity index (χ0) is 14.0. The van der Waals surface area contributed by atoms with Gasteiger partial charge in [0.1, 0.15) is 6.04 Å². The summed E-state index contributed by atoms with van der Waals surface area (Å²) in [5.74, 6) is -1.05. The standard InChI is InChI=1S/C15H15NO3/c1-9(15(18)19)16-14-12(10(2)17)8-7-11-5-3-4-6-13(11)14/h3-9,16H,1-2H3,(H,18,19). The summed E-state index contributed by atoms with van der Waals surface area (Å²) < 4.78 is 0. The van der Waals surface area contributed by atoms with E-state index in [2.05, 4.69) is 5.32 Å². The summed E-state index contributed by atoms with van der Waals surface area (Å²) in [6.45, 7) is 3.02. The lowest BCUT2D eigenvalue weighted by Crippen LogP contribution is -2.26. The van der Waals surface area contributed by atoms with Crippen molar-refractivity contribution < 1.29 is 14.7 Å². The summed E-state index contributed by atoms with van der Waals surface area (Å²) in [6, 6.07) is 10.4. The average molecular weight is 257 g/mol. The first-order valence-corrected chi connectivity index (χ1v) is 6.02. The third-order valence-corrected chi connectivity index (χ3v) is 3.04. The molecule has 0 amide bonds. The number of hydrogen-bond donors (Lipinski definition) is 2. The molecule has 0 fully saturated rings. The molecule has 0 saturated heterocycles. The molecule has 98 valence electrons. The third-order valence-electron chi connectivity index (χ3n) is 3.04. The molecule has 0 spiro atoms. The Bertz CT molecular complexity index is 649. The first-order valence-electron chi connectivity index (χ1n) is 6.02. The van der Waals surface area contributed by atoms with Crippen LogP contribution >= 0.6 is 0 Å². The number of carbonyl (C=O) groups excluding carboxylic acids is 1. The van der Waals surface area contributed by atoms with E-state index in [1.54, 1.807) is 13.0 Å². The van der Waals surface area contributed by atoms with E-state index in [0.29, 0.717) is 11.3 Å². The van der Waals surface area contributed by atoms with Crippen LogP contribution in [0.1, 0.15) is 24.2 Å². The Hall–Kier alpha value is -2.36. The average Bonchev–Trinajstić information content (AvgIpc) is 2.38. The van der Waals surface area contributed by atoms with E-state index < -0.39 is 12.0 Å². The van der Waals surface area contributed by atoms with Crippen LogP contribution in [0, 0.1) is 0 Å². The van der Waals surface area contributed by atoms with E-state index >= 15 is 0 Å². The Kier molecular flexibility index (Phi) is 3.51. The van der Waals surface area contributed by atoms with Gasteiger partial charge in [0.15, 0.2) is 5.78 Å². The second-order valence-corrected chi connectivity index (χ2v) is 4.47. The van der Waals surface area contributed by atoms with Gasteiger partial charge in [0.05, 0.1) is 5.69 Å². The molecule has 0 aliphatic rings. The Morgan fingerprint density at radius 1 is 1.16 bits per heavy atom. The van der Waals surface area contributed by atoms with E-state index in [0.717, 1.165) is 10.8 Å². The van der Waals surface area contributed by atoms with Crippen LogP contribution in [0.4, 0.5) is 5.69 Å². The molecule has 0 bridgehead atoms. The largest absolute Gasteiger partial charge is 0.480 e. The predicted molar refractivity (Wildman–Crippen MR) is 74.7 cm³/mol. The van der Waals surface area contributed by atoms with Crippen LogP contribution in [0.5, 0.6) is 0 Å². The van der Waals surface area contributed by atoms with E-state index in [1.165, 1.54) is 6.92 Å². The fourth-order valence-corrected chi connectivity index (χ4v) is 2.00. The van der Waals surface area contributed by atoms with Gasteiger partial charge in [0, 0.05) is 10.9 Å². The molecular weight excluding hydrogens is 242 g/mol. The molecule has 0 aliphatic carbocycles. The molecule has 2 aromatic carbocycles. The summed E-state index contributed by atoms with van der Waals surface area (Å²) in [4.78, 5) is 22.6. The van der Waals surface area contributed by atoms with Gasteiger partial charge in [-0.3, -0.25) is 9.59 Å². The van der Waals surface area contributed by atoms with Gasteiger partial charge < -0.3 is 10.4 Å². The zero-order valence-corrected chi connectivity index (χ0v) is 10.8. The lowest BCUT2D eigenvalue weighted by Gasteiger charge is -2.16. The number of carbonyl (C=O) groups is 2. The first-order chi connectivity index (χ1) is 9.00. The quantitative estimate of drug-likeness (QED) is 0.826. The highest BCUT2D eigenvalue weighted by Gasteiger charge is 2.16.